The van der Waals surface area contributed by atoms with Gasteiger partial charge in [0.05, 0.1) is 17.3 Å². The van der Waals surface area contributed by atoms with Gasteiger partial charge in [-0.05, 0) is 19.9 Å². The average Bonchev–Trinajstić information content (AvgIpc) is 3.11. The van der Waals surface area contributed by atoms with Gasteiger partial charge < -0.3 is 9.64 Å². The molecule has 29 heavy (non-hydrogen) atoms. The molecule has 1 fully saturated rings. The van der Waals surface area contributed by atoms with Crippen LogP contribution in [0.3, 0.4) is 0 Å². The third-order valence-electron chi connectivity index (χ3n) is 4.95. The van der Waals surface area contributed by atoms with Crippen molar-refractivity contribution in [2.75, 3.05) is 18.0 Å². The quantitative estimate of drug-likeness (QED) is 0.719. The Hall–Kier alpha value is -3.28. The molecule has 7 nitrogen and oxygen atoms in total. The summed E-state index contributed by atoms with van der Waals surface area (Å²) >= 11 is 0. The molecule has 3 heterocycles. The summed E-state index contributed by atoms with van der Waals surface area (Å²) in [6, 6.07) is 6.46. The number of aromatic amines is 1. The van der Waals surface area contributed by atoms with Gasteiger partial charge in [0.1, 0.15) is 23.9 Å². The highest BCUT2D eigenvalue weighted by Crippen LogP contribution is 2.33. The zero-order chi connectivity index (χ0) is 20.6. The second-order valence-electron chi connectivity index (χ2n) is 7.39. The number of benzene rings is 1. The summed E-state index contributed by atoms with van der Waals surface area (Å²) < 4.78 is 33.9. The van der Waals surface area contributed by atoms with E-state index in [1.165, 1.54) is 12.4 Å². The van der Waals surface area contributed by atoms with Crippen molar-refractivity contribution in [2.45, 2.75) is 38.5 Å². The van der Waals surface area contributed by atoms with E-state index in [1.54, 1.807) is 18.2 Å². The van der Waals surface area contributed by atoms with Crippen LogP contribution in [0, 0.1) is 17.1 Å². The molecular weight excluding hydrogens is 378 g/mol. The van der Waals surface area contributed by atoms with Gasteiger partial charge in [0, 0.05) is 43.5 Å². The van der Waals surface area contributed by atoms with Crippen molar-refractivity contribution in [3.8, 4) is 23.2 Å². The standard InChI is InChI=1S/C20H20F2N6O/c1-12(2)29-17-7-13-15(8-14(17)21)26-27-19(13)16-9-18(25-11-24-16)28-5-3-20(22,10-23)4-6-28/h7-9,11-12H,3-6H2,1-2H3,(H,26,27). The topological polar surface area (TPSA) is 90.7 Å². The molecule has 1 aliphatic heterocycles. The lowest BCUT2D eigenvalue weighted by Gasteiger charge is -2.33. The van der Waals surface area contributed by atoms with E-state index in [1.807, 2.05) is 18.7 Å². The monoisotopic (exact) mass is 398 g/mol. The van der Waals surface area contributed by atoms with E-state index in [-0.39, 0.29) is 24.7 Å². The fourth-order valence-electron chi connectivity index (χ4n) is 3.41. The predicted molar refractivity (Wildman–Crippen MR) is 104 cm³/mol. The first-order chi connectivity index (χ1) is 13.9. The lowest BCUT2D eigenvalue weighted by atomic mass is 9.95. The van der Waals surface area contributed by atoms with Crippen molar-refractivity contribution in [1.82, 2.24) is 20.2 Å². The van der Waals surface area contributed by atoms with Gasteiger partial charge in [0.15, 0.2) is 17.2 Å². The first-order valence-corrected chi connectivity index (χ1v) is 9.40. The van der Waals surface area contributed by atoms with E-state index in [4.69, 9.17) is 10.00 Å². The Kier molecular flexibility index (Phi) is 4.78. The average molecular weight is 398 g/mol. The smallest absolute Gasteiger partial charge is 0.199 e. The molecule has 1 saturated heterocycles. The molecule has 2 aromatic heterocycles. The maximum absolute atomic E-state index is 14.2. The highest BCUT2D eigenvalue weighted by Gasteiger charge is 2.35. The maximum Gasteiger partial charge on any atom is 0.199 e. The van der Waals surface area contributed by atoms with Crippen LogP contribution in [-0.4, -0.2) is 45.0 Å². The molecule has 0 radical (unpaired) electrons. The largest absolute Gasteiger partial charge is 0.488 e. The van der Waals surface area contributed by atoms with E-state index in [2.05, 4.69) is 20.2 Å². The van der Waals surface area contributed by atoms with Crippen LogP contribution in [-0.2, 0) is 0 Å². The molecule has 1 N–H and O–H groups in total. The Labute approximate surface area is 166 Å². The first-order valence-electron chi connectivity index (χ1n) is 9.40. The van der Waals surface area contributed by atoms with E-state index >= 15 is 0 Å². The van der Waals surface area contributed by atoms with Crippen molar-refractivity contribution in [2.24, 2.45) is 0 Å². The van der Waals surface area contributed by atoms with E-state index in [9.17, 15) is 8.78 Å². The zero-order valence-corrected chi connectivity index (χ0v) is 16.1. The van der Waals surface area contributed by atoms with Gasteiger partial charge in [-0.15, -0.1) is 0 Å². The maximum atomic E-state index is 14.2. The van der Waals surface area contributed by atoms with Crippen molar-refractivity contribution in [3.05, 3.63) is 30.3 Å². The Morgan fingerprint density at radius 1 is 1.24 bits per heavy atom. The molecule has 1 aliphatic rings. The summed E-state index contributed by atoms with van der Waals surface area (Å²) in [7, 11) is 0. The van der Waals surface area contributed by atoms with Crippen molar-refractivity contribution >= 4 is 16.7 Å². The second kappa shape index (κ2) is 7.28. The van der Waals surface area contributed by atoms with E-state index < -0.39 is 11.5 Å². The molecule has 9 heteroatoms. The van der Waals surface area contributed by atoms with Gasteiger partial charge in [-0.2, -0.15) is 10.4 Å². The van der Waals surface area contributed by atoms with Crippen LogP contribution < -0.4 is 9.64 Å². The van der Waals surface area contributed by atoms with Crippen molar-refractivity contribution < 1.29 is 13.5 Å². The van der Waals surface area contributed by atoms with Gasteiger partial charge in [-0.1, -0.05) is 0 Å². The van der Waals surface area contributed by atoms with Crippen LogP contribution in [0.15, 0.2) is 24.5 Å². The number of alkyl halides is 1. The van der Waals surface area contributed by atoms with Gasteiger partial charge in [-0.25, -0.2) is 18.7 Å². The molecule has 0 spiro atoms. The van der Waals surface area contributed by atoms with Crippen LogP contribution in [0.25, 0.3) is 22.3 Å². The van der Waals surface area contributed by atoms with E-state index in [0.717, 1.165) is 0 Å². The molecule has 0 atom stereocenters. The van der Waals surface area contributed by atoms with Gasteiger partial charge in [-0.3, -0.25) is 5.10 Å². The van der Waals surface area contributed by atoms with Gasteiger partial charge in [0.25, 0.3) is 0 Å². The lowest BCUT2D eigenvalue weighted by molar-refractivity contribution is 0.193. The molecule has 1 aromatic carbocycles. The van der Waals surface area contributed by atoms with Crippen LogP contribution in [0.2, 0.25) is 0 Å². The molecule has 0 amide bonds. The number of piperidine rings is 1. The number of rotatable bonds is 4. The second-order valence-corrected chi connectivity index (χ2v) is 7.39. The molecule has 0 saturated carbocycles. The fraction of sp³-hybridized carbons (Fsp3) is 0.400. The Morgan fingerprint density at radius 2 is 2.00 bits per heavy atom. The number of halogens is 2. The summed E-state index contributed by atoms with van der Waals surface area (Å²) in [6.07, 6.45) is 1.51. The van der Waals surface area contributed by atoms with Gasteiger partial charge >= 0.3 is 0 Å². The summed E-state index contributed by atoms with van der Waals surface area (Å²) in [5.41, 5.74) is -0.142. The number of hydrogen-bond donors (Lipinski definition) is 1. The number of nitrogens with one attached hydrogen (secondary N) is 1. The summed E-state index contributed by atoms with van der Waals surface area (Å²) in [6.45, 7) is 4.43. The normalized spacial score (nSPS) is 16.2. The predicted octanol–water partition coefficient (Wildman–Crippen LogP) is 3.78. The van der Waals surface area contributed by atoms with Crippen LogP contribution in [0.5, 0.6) is 5.75 Å². The molecule has 4 rings (SSSR count). The molecule has 0 bridgehead atoms. The third-order valence-corrected chi connectivity index (χ3v) is 4.95. The first kappa shape index (κ1) is 19.1. The number of fused-ring (bicyclic) bond motifs is 1. The number of nitriles is 1. The fourth-order valence-corrected chi connectivity index (χ4v) is 3.41. The molecule has 0 aliphatic carbocycles. The Morgan fingerprint density at radius 3 is 2.69 bits per heavy atom. The molecule has 3 aromatic rings. The minimum absolute atomic E-state index is 0.128. The summed E-state index contributed by atoms with van der Waals surface area (Å²) in [5.74, 6) is 0.313. The highest BCUT2D eigenvalue weighted by atomic mass is 19.1. The number of H-pyrrole nitrogens is 1. The molecular formula is C20H20F2N6O. The number of ether oxygens (including phenoxy) is 1. The molecule has 150 valence electrons. The lowest BCUT2D eigenvalue weighted by Crippen LogP contribution is -2.41. The van der Waals surface area contributed by atoms with Crippen molar-refractivity contribution in [3.63, 3.8) is 0 Å². The number of anilines is 1. The summed E-state index contributed by atoms with van der Waals surface area (Å²) in [5, 5.41) is 16.7. The minimum Gasteiger partial charge on any atom is -0.488 e. The number of hydrogen-bond acceptors (Lipinski definition) is 6. The summed E-state index contributed by atoms with van der Waals surface area (Å²) in [4.78, 5) is 10.5. The zero-order valence-electron chi connectivity index (χ0n) is 16.1. The SMILES string of the molecule is CC(C)Oc1cc2c(-c3cc(N4CCC(F)(C#N)CC4)ncn3)n[nH]c2cc1F. The van der Waals surface area contributed by atoms with Crippen molar-refractivity contribution in [1.29, 1.82) is 5.26 Å². The minimum atomic E-state index is -1.78. The van der Waals surface area contributed by atoms with Crippen LogP contribution in [0.4, 0.5) is 14.6 Å². The highest BCUT2D eigenvalue weighted by molar-refractivity contribution is 5.93. The third kappa shape index (κ3) is 3.70. The number of aromatic nitrogens is 4. The van der Waals surface area contributed by atoms with Crippen LogP contribution >= 0.6 is 0 Å². The molecule has 0 unspecified atom stereocenters. The van der Waals surface area contributed by atoms with Gasteiger partial charge in [0.2, 0.25) is 0 Å². The van der Waals surface area contributed by atoms with E-state index in [0.29, 0.717) is 41.2 Å². The number of nitrogens with zero attached hydrogens (tertiary/aromatic N) is 5. The van der Waals surface area contributed by atoms with Crippen LogP contribution in [0.1, 0.15) is 26.7 Å². The Bertz CT molecular complexity index is 1080. The Balaban J connectivity index is 1.67.